The van der Waals surface area contributed by atoms with Crippen LogP contribution in [0.5, 0.6) is 0 Å². The lowest BCUT2D eigenvalue weighted by atomic mass is 10.0. The number of carbonyl (C=O) groups is 1. The SMILES string of the molecule is Cc1ccc(S(=O)(=O)Cn2nnnc2C(C(C)C)N2CCN(C(=O)c3ccco3)CC2)cc1.[Cl-]. The number of hydrogen-bond donors (Lipinski definition) is 0. The maximum Gasteiger partial charge on any atom is 0.289 e. The zero-order valence-electron chi connectivity index (χ0n) is 19.3. The Kier molecular flexibility index (Phi) is 8.11. The van der Waals surface area contributed by atoms with Crippen molar-refractivity contribution in [3.63, 3.8) is 0 Å². The molecule has 3 aromatic rings. The highest BCUT2D eigenvalue weighted by molar-refractivity contribution is 7.90. The summed E-state index contributed by atoms with van der Waals surface area (Å²) in [6.45, 7) is 8.32. The number of sulfone groups is 1. The number of aryl methyl sites for hydroxylation is 1. The van der Waals surface area contributed by atoms with E-state index in [0.29, 0.717) is 37.8 Å². The molecule has 184 valence electrons. The van der Waals surface area contributed by atoms with Gasteiger partial charge in [0.15, 0.2) is 27.3 Å². The maximum atomic E-state index is 13.0. The first-order chi connectivity index (χ1) is 15.8. The van der Waals surface area contributed by atoms with Gasteiger partial charge < -0.3 is 21.7 Å². The minimum Gasteiger partial charge on any atom is -1.00 e. The molecule has 1 saturated heterocycles. The van der Waals surface area contributed by atoms with Crippen molar-refractivity contribution in [2.75, 3.05) is 26.2 Å². The number of aromatic nitrogens is 4. The van der Waals surface area contributed by atoms with Crippen molar-refractivity contribution in [2.24, 2.45) is 5.92 Å². The number of furan rings is 1. The summed E-state index contributed by atoms with van der Waals surface area (Å²) in [5.41, 5.74) is 0.988. The van der Waals surface area contributed by atoms with Gasteiger partial charge in [-0.25, -0.2) is 13.1 Å². The van der Waals surface area contributed by atoms with E-state index in [-0.39, 0.29) is 41.0 Å². The predicted octanol–water partition coefficient (Wildman–Crippen LogP) is -0.835. The molecule has 1 aliphatic rings. The number of halogens is 1. The summed E-state index contributed by atoms with van der Waals surface area (Å²) in [4.78, 5) is 16.8. The van der Waals surface area contributed by atoms with Gasteiger partial charge in [-0.1, -0.05) is 31.5 Å². The van der Waals surface area contributed by atoms with Crippen molar-refractivity contribution < 1.29 is 30.0 Å². The molecule has 1 fully saturated rings. The average molecular weight is 508 g/mol. The second-order valence-electron chi connectivity index (χ2n) is 8.59. The zero-order chi connectivity index (χ0) is 23.6. The first-order valence-corrected chi connectivity index (χ1v) is 12.5. The summed E-state index contributed by atoms with van der Waals surface area (Å²) < 4.78 is 32.6. The van der Waals surface area contributed by atoms with Gasteiger partial charge in [0.2, 0.25) is 0 Å². The van der Waals surface area contributed by atoms with Gasteiger partial charge in [-0.3, -0.25) is 9.69 Å². The summed E-state index contributed by atoms with van der Waals surface area (Å²) in [6.07, 6.45) is 1.49. The van der Waals surface area contributed by atoms with E-state index in [1.165, 1.54) is 10.9 Å². The molecule has 3 heterocycles. The van der Waals surface area contributed by atoms with Crippen molar-refractivity contribution in [3.05, 3.63) is 59.8 Å². The number of hydrogen-bond acceptors (Lipinski definition) is 8. The van der Waals surface area contributed by atoms with E-state index >= 15 is 0 Å². The number of rotatable bonds is 7. The fourth-order valence-electron chi connectivity index (χ4n) is 4.14. The van der Waals surface area contributed by atoms with E-state index in [0.717, 1.165) is 5.56 Å². The number of benzene rings is 1. The summed E-state index contributed by atoms with van der Waals surface area (Å²) in [5, 5.41) is 12.0. The molecule has 0 aliphatic carbocycles. The van der Waals surface area contributed by atoms with Crippen molar-refractivity contribution in [2.45, 2.75) is 37.6 Å². The molecule has 4 rings (SSSR count). The largest absolute Gasteiger partial charge is 1.00 e. The normalized spacial score (nSPS) is 15.8. The number of amides is 1. The lowest BCUT2D eigenvalue weighted by Gasteiger charge is -2.39. The smallest absolute Gasteiger partial charge is 0.289 e. The second-order valence-corrected chi connectivity index (χ2v) is 10.5. The second kappa shape index (κ2) is 10.7. The molecule has 34 heavy (non-hydrogen) atoms. The molecule has 1 amide bonds. The quantitative estimate of drug-likeness (QED) is 0.407. The Hall–Kier alpha value is -2.76. The summed E-state index contributed by atoms with van der Waals surface area (Å²) >= 11 is 0. The van der Waals surface area contributed by atoms with Gasteiger partial charge >= 0.3 is 0 Å². The fourth-order valence-corrected chi connectivity index (χ4v) is 5.34. The lowest BCUT2D eigenvalue weighted by Crippen LogP contribution is -3.00. The van der Waals surface area contributed by atoms with Crippen LogP contribution in [0.4, 0.5) is 0 Å². The molecule has 0 N–H and O–H groups in total. The van der Waals surface area contributed by atoms with Gasteiger partial charge in [-0.15, -0.1) is 5.10 Å². The van der Waals surface area contributed by atoms with Crippen LogP contribution >= 0.6 is 0 Å². The first-order valence-electron chi connectivity index (χ1n) is 10.9. The monoisotopic (exact) mass is 507 g/mol. The molecule has 12 heteroatoms. The minimum atomic E-state index is -3.62. The molecule has 0 bridgehead atoms. The maximum absolute atomic E-state index is 13.0. The average Bonchev–Trinajstić information content (AvgIpc) is 3.47. The third-order valence-corrected chi connectivity index (χ3v) is 7.43. The minimum absolute atomic E-state index is 0. The van der Waals surface area contributed by atoms with Crippen LogP contribution in [0, 0.1) is 12.8 Å². The van der Waals surface area contributed by atoms with Crippen LogP contribution in [0.1, 0.15) is 41.8 Å². The highest BCUT2D eigenvalue weighted by Crippen LogP contribution is 2.29. The summed E-state index contributed by atoms with van der Waals surface area (Å²) in [7, 11) is -3.62. The van der Waals surface area contributed by atoms with Gasteiger partial charge in [-0.05, 0) is 47.5 Å². The van der Waals surface area contributed by atoms with Crippen molar-refractivity contribution in [3.8, 4) is 0 Å². The van der Waals surface area contributed by atoms with Gasteiger partial charge in [0.25, 0.3) is 5.91 Å². The fraction of sp³-hybridized carbons (Fsp3) is 0.455. The van der Waals surface area contributed by atoms with Crippen molar-refractivity contribution in [1.82, 2.24) is 30.0 Å². The van der Waals surface area contributed by atoms with Crippen LogP contribution in [0.3, 0.4) is 0 Å². The molecule has 1 unspecified atom stereocenters. The lowest BCUT2D eigenvalue weighted by molar-refractivity contribution is -0.0000213. The van der Waals surface area contributed by atoms with Crippen LogP contribution in [0.15, 0.2) is 52.0 Å². The Balaban J connectivity index is 0.00000324. The Morgan fingerprint density at radius 1 is 1.09 bits per heavy atom. The molecule has 0 spiro atoms. The zero-order valence-corrected chi connectivity index (χ0v) is 20.9. The van der Waals surface area contributed by atoms with Gasteiger partial charge in [0.1, 0.15) is 0 Å². The Morgan fingerprint density at radius 2 is 1.76 bits per heavy atom. The van der Waals surface area contributed by atoms with E-state index in [2.05, 4.69) is 34.3 Å². The van der Waals surface area contributed by atoms with E-state index < -0.39 is 9.84 Å². The van der Waals surface area contributed by atoms with E-state index in [9.17, 15) is 13.2 Å². The van der Waals surface area contributed by atoms with Gasteiger partial charge in [-0.2, -0.15) is 0 Å². The van der Waals surface area contributed by atoms with Crippen LogP contribution in [-0.2, 0) is 15.7 Å². The van der Waals surface area contributed by atoms with E-state index in [1.807, 2.05) is 6.92 Å². The summed E-state index contributed by atoms with van der Waals surface area (Å²) in [5.74, 6) is 0.498. The highest BCUT2D eigenvalue weighted by Gasteiger charge is 2.34. The molecule has 1 atom stereocenters. The van der Waals surface area contributed by atoms with E-state index in [1.54, 1.807) is 41.3 Å². The summed E-state index contributed by atoms with van der Waals surface area (Å²) in [6, 6.07) is 9.92. The number of nitrogens with zero attached hydrogens (tertiary/aromatic N) is 6. The predicted molar refractivity (Wildman–Crippen MR) is 120 cm³/mol. The Morgan fingerprint density at radius 3 is 2.35 bits per heavy atom. The number of tetrazole rings is 1. The molecule has 1 aliphatic heterocycles. The van der Waals surface area contributed by atoms with Gasteiger partial charge in [0.05, 0.1) is 17.2 Å². The molecule has 10 nitrogen and oxygen atoms in total. The standard InChI is InChI=1S/C22H28N6O4S.ClH/c1-16(2)20(26-10-12-27(13-11-26)22(29)19-5-4-14-32-19)21-23-24-25-28(21)15-33(30,31)18-8-6-17(3)7-9-18;/h4-9,14,16,20H,10-13,15H2,1-3H3;1H/p-1. The highest BCUT2D eigenvalue weighted by atomic mass is 35.5. The molecular formula is C22H28ClN6O4S-. The van der Waals surface area contributed by atoms with Gasteiger partial charge in [0, 0.05) is 26.2 Å². The number of carbonyl (C=O) groups excluding carboxylic acids is 1. The van der Waals surface area contributed by atoms with Crippen molar-refractivity contribution in [1.29, 1.82) is 0 Å². The molecule has 0 saturated carbocycles. The van der Waals surface area contributed by atoms with Crippen LogP contribution in [0.25, 0.3) is 0 Å². The number of piperazine rings is 1. The third-order valence-electron chi connectivity index (χ3n) is 5.85. The Labute approximate surface area is 205 Å². The molecule has 0 radical (unpaired) electrons. The van der Waals surface area contributed by atoms with Crippen LogP contribution in [0.2, 0.25) is 0 Å². The topological polar surface area (TPSA) is 114 Å². The molecule has 1 aromatic carbocycles. The first kappa shape index (κ1) is 25.9. The third kappa shape index (κ3) is 5.48. The molecular weight excluding hydrogens is 480 g/mol. The van der Waals surface area contributed by atoms with Crippen LogP contribution in [-0.4, -0.2) is 70.5 Å². The van der Waals surface area contributed by atoms with Crippen molar-refractivity contribution >= 4 is 15.7 Å². The molecule has 2 aromatic heterocycles. The van der Waals surface area contributed by atoms with Crippen LogP contribution < -0.4 is 12.4 Å². The van der Waals surface area contributed by atoms with E-state index in [4.69, 9.17) is 4.42 Å². The Bertz CT molecular complexity index is 1190.